The molecule has 3 N–H and O–H groups in total. The predicted molar refractivity (Wildman–Crippen MR) is 143 cm³/mol. The van der Waals surface area contributed by atoms with Crippen LogP contribution in [0.5, 0.6) is 0 Å². The van der Waals surface area contributed by atoms with Gasteiger partial charge < -0.3 is 11.1 Å². The minimum atomic E-state index is 0.183. The highest BCUT2D eigenvalue weighted by Crippen LogP contribution is 2.73. The van der Waals surface area contributed by atoms with Crippen molar-refractivity contribution >= 4 is 29.0 Å². The molecule has 0 spiro atoms. The molecular formula is C29H36N2S2. The number of hydrogen-bond acceptors (Lipinski definition) is 3. The first kappa shape index (κ1) is 22.1. The number of rotatable bonds is 6. The fraction of sp³-hybridized carbons (Fsp3) is 0.552. The van der Waals surface area contributed by atoms with Crippen LogP contribution in [-0.4, -0.2) is 22.3 Å². The van der Waals surface area contributed by atoms with Gasteiger partial charge in [-0.3, -0.25) is 0 Å². The maximum Gasteiger partial charge on any atom is 0.0821 e. The predicted octanol–water partition coefficient (Wildman–Crippen LogP) is 6.23. The van der Waals surface area contributed by atoms with Gasteiger partial charge >= 0.3 is 0 Å². The molecule has 0 heterocycles. The van der Waals surface area contributed by atoms with Crippen molar-refractivity contribution in [1.82, 2.24) is 5.32 Å². The van der Waals surface area contributed by atoms with Gasteiger partial charge in [-0.05, 0) is 79.7 Å². The van der Waals surface area contributed by atoms with Crippen LogP contribution in [0, 0.1) is 17.3 Å². The Hall–Kier alpha value is -1.36. The van der Waals surface area contributed by atoms with Crippen LogP contribution in [-0.2, 0) is 11.2 Å². The molecule has 0 saturated heterocycles. The fourth-order valence-corrected chi connectivity index (χ4v) is 10.0. The minimum absolute atomic E-state index is 0.183. The lowest BCUT2D eigenvalue weighted by atomic mass is 9.63. The molecule has 5 aliphatic carbocycles. The highest BCUT2D eigenvalue weighted by molar-refractivity contribution is 7.99. The van der Waals surface area contributed by atoms with Crippen molar-refractivity contribution in [2.45, 2.75) is 79.9 Å². The van der Waals surface area contributed by atoms with Gasteiger partial charge in [0.1, 0.15) is 0 Å². The van der Waals surface area contributed by atoms with Crippen molar-refractivity contribution in [1.29, 1.82) is 0 Å². The second kappa shape index (κ2) is 8.70. The molecule has 0 amide bonds. The summed E-state index contributed by atoms with van der Waals surface area (Å²) in [6.07, 6.45) is 9.76. The second-order valence-corrected chi connectivity index (χ2v) is 12.9. The Kier molecular flexibility index (Phi) is 5.83. The van der Waals surface area contributed by atoms with E-state index < -0.39 is 0 Å². The molecule has 4 heteroatoms. The molecule has 0 aliphatic heterocycles. The first-order chi connectivity index (χ1) is 16.1. The fourth-order valence-electron chi connectivity index (χ4n) is 7.92. The van der Waals surface area contributed by atoms with Crippen LogP contribution in [0.1, 0.15) is 62.5 Å². The summed E-state index contributed by atoms with van der Waals surface area (Å²) >= 11 is 8.52. The monoisotopic (exact) mass is 476 g/mol. The van der Waals surface area contributed by atoms with Crippen LogP contribution in [0.2, 0.25) is 0 Å². The zero-order valence-corrected chi connectivity index (χ0v) is 21.1. The van der Waals surface area contributed by atoms with Gasteiger partial charge in [0.2, 0.25) is 0 Å². The van der Waals surface area contributed by atoms with E-state index in [9.17, 15) is 0 Å². The SMILES string of the molecule is NC1CCC(NC(=S)C23CC4CC(c5ccccc5)(CC2C4SCc2ccccc2)C3)CC1. The van der Waals surface area contributed by atoms with Gasteiger partial charge in [0.05, 0.1) is 4.99 Å². The molecule has 0 aromatic heterocycles. The van der Waals surface area contributed by atoms with E-state index in [0.29, 0.717) is 23.4 Å². The molecule has 4 bridgehead atoms. The highest BCUT2D eigenvalue weighted by Gasteiger charge is 2.69. The number of nitrogens with one attached hydrogen (secondary N) is 1. The molecule has 5 saturated carbocycles. The Labute approximate surface area is 208 Å². The molecular weight excluding hydrogens is 440 g/mol. The Bertz CT molecular complexity index is 987. The van der Waals surface area contributed by atoms with Crippen LogP contribution < -0.4 is 11.1 Å². The molecule has 5 fully saturated rings. The molecule has 5 atom stereocenters. The first-order valence-electron chi connectivity index (χ1n) is 12.9. The Morgan fingerprint density at radius 3 is 2.36 bits per heavy atom. The van der Waals surface area contributed by atoms with Crippen LogP contribution in [0.25, 0.3) is 0 Å². The number of thiocarbonyl (C=S) groups is 1. The van der Waals surface area contributed by atoms with Gasteiger partial charge in [-0.1, -0.05) is 72.9 Å². The van der Waals surface area contributed by atoms with E-state index in [1.165, 1.54) is 49.1 Å². The molecule has 174 valence electrons. The van der Waals surface area contributed by atoms with Gasteiger partial charge in [-0.25, -0.2) is 0 Å². The third kappa shape index (κ3) is 3.86. The quantitative estimate of drug-likeness (QED) is 0.485. The van der Waals surface area contributed by atoms with Crippen LogP contribution in [0.15, 0.2) is 60.7 Å². The van der Waals surface area contributed by atoms with E-state index in [2.05, 4.69) is 77.7 Å². The molecule has 2 aromatic rings. The summed E-state index contributed by atoms with van der Waals surface area (Å²) in [7, 11) is 0. The summed E-state index contributed by atoms with van der Waals surface area (Å²) in [6.45, 7) is 0. The molecule has 7 rings (SSSR count). The average Bonchev–Trinajstić information content (AvgIpc) is 3.22. The van der Waals surface area contributed by atoms with Crippen molar-refractivity contribution in [2.75, 3.05) is 0 Å². The van der Waals surface area contributed by atoms with Gasteiger partial charge in [0.25, 0.3) is 0 Å². The van der Waals surface area contributed by atoms with Crippen molar-refractivity contribution in [3.05, 3.63) is 71.8 Å². The van der Waals surface area contributed by atoms with E-state index in [0.717, 1.165) is 29.8 Å². The minimum Gasteiger partial charge on any atom is -0.376 e. The van der Waals surface area contributed by atoms with Crippen molar-refractivity contribution in [3.63, 3.8) is 0 Å². The second-order valence-electron chi connectivity index (χ2n) is 11.3. The van der Waals surface area contributed by atoms with Crippen LogP contribution in [0.4, 0.5) is 0 Å². The standard InChI is InChI=1S/C29H36N2S2/c30-23-11-13-24(14-12-23)31-27(32)29-16-21-15-28(19-29,22-9-5-2-6-10-22)17-25(29)26(21)33-18-20-7-3-1-4-8-20/h1-10,21,23-26H,11-19,30H2,(H,31,32). The normalized spacial score (nSPS) is 39.0. The van der Waals surface area contributed by atoms with Gasteiger partial charge in [0, 0.05) is 28.5 Å². The number of hydrogen-bond donors (Lipinski definition) is 2. The Morgan fingerprint density at radius 1 is 0.939 bits per heavy atom. The van der Waals surface area contributed by atoms with Gasteiger partial charge in [-0.15, -0.1) is 0 Å². The first-order valence-corrected chi connectivity index (χ1v) is 14.3. The molecule has 2 aromatic carbocycles. The molecule has 5 aliphatic rings. The number of benzene rings is 2. The number of thioether (sulfide) groups is 1. The van der Waals surface area contributed by atoms with E-state index in [1.807, 2.05) is 0 Å². The largest absolute Gasteiger partial charge is 0.376 e. The van der Waals surface area contributed by atoms with E-state index in [4.69, 9.17) is 18.0 Å². The Morgan fingerprint density at radius 2 is 1.64 bits per heavy atom. The lowest BCUT2D eigenvalue weighted by molar-refractivity contribution is 0.219. The van der Waals surface area contributed by atoms with Gasteiger partial charge in [-0.2, -0.15) is 11.8 Å². The summed E-state index contributed by atoms with van der Waals surface area (Å²) in [4.78, 5) is 1.19. The molecule has 0 radical (unpaired) electrons. The van der Waals surface area contributed by atoms with Crippen LogP contribution >= 0.6 is 24.0 Å². The molecule has 33 heavy (non-hydrogen) atoms. The van der Waals surface area contributed by atoms with E-state index in [-0.39, 0.29) is 5.41 Å². The highest BCUT2D eigenvalue weighted by atomic mass is 32.2. The Balaban J connectivity index is 1.26. The summed E-state index contributed by atoms with van der Waals surface area (Å²) in [5.74, 6) is 2.58. The maximum atomic E-state index is 6.30. The third-order valence-electron chi connectivity index (χ3n) is 9.35. The van der Waals surface area contributed by atoms with Crippen molar-refractivity contribution < 1.29 is 0 Å². The van der Waals surface area contributed by atoms with Crippen LogP contribution in [0.3, 0.4) is 0 Å². The smallest absolute Gasteiger partial charge is 0.0821 e. The van der Waals surface area contributed by atoms with E-state index in [1.54, 1.807) is 5.56 Å². The lowest BCUT2D eigenvalue weighted by Gasteiger charge is -2.43. The maximum absolute atomic E-state index is 6.30. The average molecular weight is 477 g/mol. The zero-order chi connectivity index (χ0) is 22.5. The van der Waals surface area contributed by atoms with Crippen molar-refractivity contribution in [2.24, 2.45) is 23.0 Å². The van der Waals surface area contributed by atoms with Gasteiger partial charge in [0.15, 0.2) is 0 Å². The van der Waals surface area contributed by atoms with E-state index >= 15 is 0 Å². The summed E-state index contributed by atoms with van der Waals surface area (Å²) in [6, 6.07) is 23.3. The summed E-state index contributed by atoms with van der Waals surface area (Å²) < 4.78 is 0. The number of nitrogens with two attached hydrogens (primary N) is 1. The lowest BCUT2D eigenvalue weighted by Crippen LogP contribution is -2.48. The summed E-state index contributed by atoms with van der Waals surface area (Å²) in [5, 5.41) is 4.64. The molecule has 5 unspecified atom stereocenters. The van der Waals surface area contributed by atoms with Crippen molar-refractivity contribution in [3.8, 4) is 0 Å². The molecule has 2 nitrogen and oxygen atoms in total. The topological polar surface area (TPSA) is 38.0 Å². The zero-order valence-electron chi connectivity index (χ0n) is 19.4. The third-order valence-corrected chi connectivity index (χ3v) is 11.5. The summed E-state index contributed by atoms with van der Waals surface area (Å²) in [5.41, 5.74) is 9.68.